The molecule has 12 nitrogen and oxygen atoms in total. The molecule has 12 heteroatoms. The average Bonchev–Trinajstić information content (AvgIpc) is 3.43. The Labute approximate surface area is 274 Å². The Bertz CT molecular complexity index is 1700. The topological polar surface area (TPSA) is 161 Å². The largest absolute Gasteiger partial charge is 0.479 e. The molecule has 0 aliphatic heterocycles. The van der Waals surface area contributed by atoms with Gasteiger partial charge in [-0.15, -0.1) is 0 Å². The molecular weight excluding hydrogens is 602 g/mol. The Morgan fingerprint density at radius 3 is 2.23 bits per heavy atom. The molecule has 1 unspecified atom stereocenters. The van der Waals surface area contributed by atoms with E-state index in [-0.39, 0.29) is 26.3 Å². The molecule has 4 aromatic rings. The summed E-state index contributed by atoms with van der Waals surface area (Å²) >= 11 is 0. The molecule has 0 aliphatic carbocycles. The third kappa shape index (κ3) is 10.1. The van der Waals surface area contributed by atoms with Gasteiger partial charge < -0.3 is 30.5 Å². The standard InChI is InChI=1S/C34H39N5O7.CH4/c1-33(2,3)46-32(44)38-34(4,5)31(43)37-27(21-45-20-22-11-7-6-8-12-22)29(40)36-26-18-35-39(19-26)28(30(41)42)25-16-15-23-13-9-10-14-24(23)17-25;/h6-19,27-28H,20-21H2,1-5H3,(H,36,40)(H,37,43)(H,38,44)(H,41,42);1H4/t27-,28?;/m1./s1. The first-order valence-electron chi connectivity index (χ1n) is 14.7. The highest BCUT2D eigenvalue weighted by Crippen LogP contribution is 2.24. The van der Waals surface area contributed by atoms with Crippen molar-refractivity contribution in [2.75, 3.05) is 11.9 Å². The number of hydrogen-bond donors (Lipinski definition) is 4. The molecule has 1 aromatic heterocycles. The smallest absolute Gasteiger partial charge is 0.408 e. The molecule has 0 fully saturated rings. The highest BCUT2D eigenvalue weighted by Gasteiger charge is 2.35. The van der Waals surface area contributed by atoms with Gasteiger partial charge in [0.05, 0.1) is 25.1 Å². The molecule has 250 valence electrons. The van der Waals surface area contributed by atoms with Crippen LogP contribution in [0.4, 0.5) is 10.5 Å². The molecule has 1 heterocycles. The minimum absolute atomic E-state index is 0. The minimum atomic E-state index is -1.44. The number of alkyl carbamates (subject to hydrolysis) is 1. The number of aromatic nitrogens is 2. The van der Waals surface area contributed by atoms with Gasteiger partial charge in [-0.1, -0.05) is 74.2 Å². The van der Waals surface area contributed by atoms with E-state index in [1.54, 1.807) is 32.9 Å². The van der Waals surface area contributed by atoms with Crippen molar-refractivity contribution >= 4 is 40.3 Å². The van der Waals surface area contributed by atoms with Gasteiger partial charge in [-0.05, 0) is 62.6 Å². The lowest BCUT2D eigenvalue weighted by atomic mass is 10.0. The van der Waals surface area contributed by atoms with Crippen molar-refractivity contribution in [2.45, 2.75) is 71.9 Å². The molecular formula is C35H43N5O7. The van der Waals surface area contributed by atoms with Crippen LogP contribution >= 0.6 is 0 Å². The number of ether oxygens (including phenoxy) is 2. The summed E-state index contributed by atoms with van der Waals surface area (Å²) in [6.45, 7) is 8.05. The zero-order chi connectivity index (χ0) is 33.5. The maximum absolute atomic E-state index is 13.5. The number of rotatable bonds is 12. The third-order valence-corrected chi connectivity index (χ3v) is 6.86. The fourth-order valence-corrected chi connectivity index (χ4v) is 4.57. The predicted molar refractivity (Wildman–Crippen MR) is 179 cm³/mol. The molecule has 0 aliphatic rings. The van der Waals surface area contributed by atoms with Crippen LogP contribution < -0.4 is 16.0 Å². The second kappa shape index (κ2) is 15.4. The minimum Gasteiger partial charge on any atom is -0.479 e. The van der Waals surface area contributed by atoms with E-state index in [4.69, 9.17) is 9.47 Å². The van der Waals surface area contributed by atoms with Crippen molar-refractivity contribution in [1.29, 1.82) is 0 Å². The Morgan fingerprint density at radius 2 is 1.57 bits per heavy atom. The first-order chi connectivity index (χ1) is 21.7. The van der Waals surface area contributed by atoms with Crippen LogP contribution in [0.15, 0.2) is 85.2 Å². The number of anilines is 1. The van der Waals surface area contributed by atoms with Crippen LogP contribution in [-0.2, 0) is 30.5 Å². The summed E-state index contributed by atoms with van der Waals surface area (Å²) in [5, 5.41) is 24.0. The molecule has 0 saturated heterocycles. The average molecular weight is 646 g/mol. The molecule has 0 spiro atoms. The highest BCUT2D eigenvalue weighted by molar-refractivity contribution is 5.99. The van der Waals surface area contributed by atoms with Gasteiger partial charge in [0.2, 0.25) is 11.8 Å². The van der Waals surface area contributed by atoms with Gasteiger partial charge in [0, 0.05) is 6.20 Å². The number of aliphatic carboxylic acids is 1. The Morgan fingerprint density at radius 1 is 0.915 bits per heavy atom. The summed E-state index contributed by atoms with van der Waals surface area (Å²) < 4.78 is 12.3. The van der Waals surface area contributed by atoms with Crippen LogP contribution in [0.1, 0.15) is 59.2 Å². The fourth-order valence-electron chi connectivity index (χ4n) is 4.57. The first-order valence-corrected chi connectivity index (χ1v) is 14.7. The maximum atomic E-state index is 13.5. The van der Waals surface area contributed by atoms with Crippen LogP contribution in [0.25, 0.3) is 10.8 Å². The van der Waals surface area contributed by atoms with E-state index in [2.05, 4.69) is 21.0 Å². The lowest BCUT2D eigenvalue weighted by Crippen LogP contribution is -2.59. The van der Waals surface area contributed by atoms with Crippen LogP contribution in [0.5, 0.6) is 0 Å². The third-order valence-electron chi connectivity index (χ3n) is 6.86. The zero-order valence-corrected chi connectivity index (χ0v) is 26.4. The predicted octanol–water partition coefficient (Wildman–Crippen LogP) is 5.29. The number of nitrogens with one attached hydrogen (secondary N) is 3. The van der Waals surface area contributed by atoms with Gasteiger partial charge in [0.15, 0.2) is 6.04 Å². The lowest BCUT2D eigenvalue weighted by molar-refractivity contribution is -0.139. The Hall–Kier alpha value is -5.23. The summed E-state index contributed by atoms with van der Waals surface area (Å²) in [6, 6.07) is 19.9. The van der Waals surface area contributed by atoms with E-state index < -0.39 is 47.1 Å². The summed E-state index contributed by atoms with van der Waals surface area (Å²) in [4.78, 5) is 51.5. The maximum Gasteiger partial charge on any atom is 0.408 e. The summed E-state index contributed by atoms with van der Waals surface area (Å²) in [6.07, 6.45) is 1.94. The molecule has 0 radical (unpaired) electrons. The number of benzene rings is 3. The van der Waals surface area contributed by atoms with Crippen molar-refractivity contribution < 1.29 is 33.8 Å². The van der Waals surface area contributed by atoms with E-state index in [9.17, 15) is 24.3 Å². The molecule has 47 heavy (non-hydrogen) atoms. The fraction of sp³-hybridized carbons (Fsp3) is 0.343. The highest BCUT2D eigenvalue weighted by atomic mass is 16.6. The second-order valence-corrected chi connectivity index (χ2v) is 12.3. The van der Waals surface area contributed by atoms with Crippen molar-refractivity contribution in [3.63, 3.8) is 0 Å². The zero-order valence-electron chi connectivity index (χ0n) is 26.4. The van der Waals surface area contributed by atoms with E-state index in [0.29, 0.717) is 5.56 Å². The van der Waals surface area contributed by atoms with Gasteiger partial charge in [0.25, 0.3) is 0 Å². The summed E-state index contributed by atoms with van der Waals surface area (Å²) in [7, 11) is 0. The Kier molecular flexibility index (Phi) is 11.9. The number of amides is 3. The molecule has 0 saturated carbocycles. The number of hydrogen-bond acceptors (Lipinski definition) is 7. The molecule has 4 N–H and O–H groups in total. The molecule has 4 rings (SSSR count). The van der Waals surface area contributed by atoms with Crippen LogP contribution in [0.3, 0.4) is 0 Å². The van der Waals surface area contributed by atoms with Crippen LogP contribution in [-0.4, -0.2) is 62.6 Å². The quantitative estimate of drug-likeness (QED) is 0.162. The van der Waals surface area contributed by atoms with E-state index in [1.807, 2.05) is 60.7 Å². The normalized spacial score (nSPS) is 12.7. The van der Waals surface area contributed by atoms with Crippen molar-refractivity contribution in [3.8, 4) is 0 Å². The second-order valence-electron chi connectivity index (χ2n) is 12.3. The first kappa shape index (κ1) is 36.2. The van der Waals surface area contributed by atoms with Gasteiger partial charge in [-0.3, -0.25) is 14.3 Å². The molecule has 2 atom stereocenters. The SMILES string of the molecule is C.CC(C)(C)OC(=O)NC(C)(C)C(=O)N[C@H](COCc1ccccc1)C(=O)Nc1cnn(C(C(=O)O)c2ccc3ccccc3c2)c1. The van der Waals surface area contributed by atoms with Crippen LogP contribution in [0.2, 0.25) is 0 Å². The number of carboxylic acids is 1. The number of nitrogens with zero attached hydrogens (tertiary/aromatic N) is 2. The molecule has 0 bridgehead atoms. The van der Waals surface area contributed by atoms with Gasteiger partial charge in [-0.2, -0.15) is 5.10 Å². The molecule has 3 aromatic carbocycles. The van der Waals surface area contributed by atoms with Crippen molar-refractivity contribution in [3.05, 3.63) is 96.3 Å². The van der Waals surface area contributed by atoms with Gasteiger partial charge in [-0.25, -0.2) is 9.59 Å². The summed E-state index contributed by atoms with van der Waals surface area (Å²) in [5.74, 6) is -2.42. The van der Waals surface area contributed by atoms with Crippen molar-refractivity contribution in [2.24, 2.45) is 0 Å². The number of carbonyl (C=O) groups excluding carboxylic acids is 3. The number of fused-ring (bicyclic) bond motifs is 1. The van der Waals surface area contributed by atoms with E-state index >= 15 is 0 Å². The summed E-state index contributed by atoms with van der Waals surface area (Å²) in [5.41, 5.74) is -0.630. The van der Waals surface area contributed by atoms with E-state index in [0.717, 1.165) is 16.3 Å². The van der Waals surface area contributed by atoms with Crippen molar-refractivity contribution in [1.82, 2.24) is 20.4 Å². The lowest BCUT2D eigenvalue weighted by Gasteiger charge is -2.29. The Balaban J connectivity index is 0.00000600. The number of carboxylic acid groups (broad SMARTS) is 1. The number of carbonyl (C=O) groups is 4. The monoisotopic (exact) mass is 645 g/mol. The van der Waals surface area contributed by atoms with Crippen LogP contribution in [0, 0.1) is 0 Å². The van der Waals surface area contributed by atoms with E-state index in [1.165, 1.54) is 30.9 Å². The van der Waals surface area contributed by atoms with Gasteiger partial charge >= 0.3 is 12.1 Å². The molecule has 3 amide bonds. The van der Waals surface area contributed by atoms with Gasteiger partial charge in [0.1, 0.15) is 17.2 Å².